The van der Waals surface area contributed by atoms with Crippen LogP contribution >= 0.6 is 0 Å². The van der Waals surface area contributed by atoms with E-state index >= 15 is 0 Å². The van der Waals surface area contributed by atoms with E-state index in [0.29, 0.717) is 5.56 Å². The van der Waals surface area contributed by atoms with Crippen LogP contribution in [-0.4, -0.2) is 41.6 Å². The monoisotopic (exact) mass is 342 g/mol. The first kappa shape index (κ1) is 18.0. The fourth-order valence-corrected chi connectivity index (χ4v) is 3.75. The number of aromatic nitrogens is 1. The van der Waals surface area contributed by atoms with Crippen LogP contribution in [0.15, 0.2) is 18.2 Å². The van der Waals surface area contributed by atoms with Crippen molar-refractivity contribution < 1.29 is 9.53 Å². The van der Waals surface area contributed by atoms with Crippen LogP contribution in [0.5, 0.6) is 0 Å². The second-order valence-electron chi connectivity index (χ2n) is 7.08. The lowest BCUT2D eigenvalue weighted by Crippen LogP contribution is -2.27. The van der Waals surface area contributed by atoms with Crippen molar-refractivity contribution in [1.82, 2.24) is 9.88 Å². The average molecular weight is 342 g/mol. The van der Waals surface area contributed by atoms with Gasteiger partial charge in [-0.05, 0) is 75.9 Å². The van der Waals surface area contributed by atoms with Crippen molar-refractivity contribution in [3.63, 3.8) is 0 Å². The molecule has 0 fully saturated rings. The maximum atomic E-state index is 12.5. The Hall–Kier alpha value is -1.81. The normalized spacial score (nSPS) is 15.4. The number of nitrogens with zero attached hydrogens (tertiary/aromatic N) is 1. The van der Waals surface area contributed by atoms with Gasteiger partial charge in [0.15, 0.2) is 0 Å². The highest BCUT2D eigenvalue weighted by Gasteiger charge is 2.18. The molecule has 1 aliphatic rings. The molecule has 25 heavy (non-hydrogen) atoms. The Bertz CT molecular complexity index is 731. The highest BCUT2D eigenvalue weighted by Crippen LogP contribution is 2.29. The van der Waals surface area contributed by atoms with E-state index in [1.165, 1.54) is 29.5 Å². The molecule has 0 radical (unpaired) electrons. The number of esters is 1. The Morgan fingerprint density at radius 3 is 2.76 bits per heavy atom. The Morgan fingerprint density at radius 1 is 1.24 bits per heavy atom. The first-order chi connectivity index (χ1) is 12.1. The molecule has 1 unspecified atom stereocenters. The SMILES string of the molecule is CCN(CC)CCC(C)OC(=O)c1ccc2[nH]c3c(c2c1)CCCC3. The molecule has 1 aliphatic carbocycles. The van der Waals surface area contributed by atoms with Gasteiger partial charge in [0.25, 0.3) is 0 Å². The molecule has 1 N–H and O–H groups in total. The Morgan fingerprint density at radius 2 is 2.00 bits per heavy atom. The predicted molar refractivity (Wildman–Crippen MR) is 102 cm³/mol. The predicted octanol–water partition coefficient (Wildman–Crippen LogP) is 4.32. The third kappa shape index (κ3) is 4.06. The molecule has 0 saturated carbocycles. The maximum absolute atomic E-state index is 12.5. The Labute approximate surface area is 150 Å². The fourth-order valence-electron chi connectivity index (χ4n) is 3.75. The lowest BCUT2D eigenvalue weighted by molar-refractivity contribution is 0.0304. The van der Waals surface area contributed by atoms with Gasteiger partial charge in [-0.1, -0.05) is 13.8 Å². The van der Waals surface area contributed by atoms with E-state index in [0.717, 1.165) is 44.4 Å². The summed E-state index contributed by atoms with van der Waals surface area (Å²) in [7, 11) is 0. The van der Waals surface area contributed by atoms with E-state index < -0.39 is 0 Å². The van der Waals surface area contributed by atoms with E-state index in [-0.39, 0.29) is 12.1 Å². The van der Waals surface area contributed by atoms with Crippen LogP contribution in [0.3, 0.4) is 0 Å². The molecule has 3 rings (SSSR count). The highest BCUT2D eigenvalue weighted by molar-refractivity contribution is 5.96. The van der Waals surface area contributed by atoms with Crippen molar-refractivity contribution in [3.8, 4) is 0 Å². The minimum atomic E-state index is -0.209. The molecule has 0 saturated heterocycles. The zero-order chi connectivity index (χ0) is 17.8. The highest BCUT2D eigenvalue weighted by atomic mass is 16.5. The molecule has 4 heteroatoms. The first-order valence-corrected chi connectivity index (χ1v) is 9.69. The van der Waals surface area contributed by atoms with Crippen LogP contribution in [0.4, 0.5) is 0 Å². The van der Waals surface area contributed by atoms with Crippen molar-refractivity contribution in [2.75, 3.05) is 19.6 Å². The van der Waals surface area contributed by atoms with Gasteiger partial charge in [-0.3, -0.25) is 0 Å². The molecule has 0 spiro atoms. The van der Waals surface area contributed by atoms with Crippen molar-refractivity contribution in [2.24, 2.45) is 0 Å². The summed E-state index contributed by atoms with van der Waals surface area (Å²) >= 11 is 0. The van der Waals surface area contributed by atoms with E-state index in [1.54, 1.807) is 0 Å². The summed E-state index contributed by atoms with van der Waals surface area (Å²) in [6.45, 7) is 9.34. The smallest absolute Gasteiger partial charge is 0.338 e. The van der Waals surface area contributed by atoms with Crippen molar-refractivity contribution in [1.29, 1.82) is 0 Å². The van der Waals surface area contributed by atoms with E-state index in [1.807, 2.05) is 25.1 Å². The number of nitrogens with one attached hydrogen (secondary N) is 1. The number of carbonyl (C=O) groups excluding carboxylic acids is 1. The molecule has 1 atom stereocenters. The number of fused-ring (bicyclic) bond motifs is 3. The second kappa shape index (κ2) is 8.05. The molecule has 0 aliphatic heterocycles. The molecule has 4 nitrogen and oxygen atoms in total. The van der Waals surface area contributed by atoms with Gasteiger partial charge in [0, 0.05) is 23.1 Å². The molecule has 1 aromatic heterocycles. The van der Waals surface area contributed by atoms with Gasteiger partial charge in [0.1, 0.15) is 6.10 Å². The van der Waals surface area contributed by atoms with Crippen LogP contribution in [0.25, 0.3) is 10.9 Å². The first-order valence-electron chi connectivity index (χ1n) is 9.69. The van der Waals surface area contributed by atoms with Crippen LogP contribution < -0.4 is 0 Å². The third-order valence-electron chi connectivity index (χ3n) is 5.39. The number of carbonyl (C=O) groups is 1. The van der Waals surface area contributed by atoms with Gasteiger partial charge in [0.05, 0.1) is 5.56 Å². The molecular formula is C21H30N2O2. The topological polar surface area (TPSA) is 45.3 Å². The summed E-state index contributed by atoms with van der Waals surface area (Å²) in [5.74, 6) is -0.209. The Balaban J connectivity index is 1.67. The van der Waals surface area contributed by atoms with Gasteiger partial charge in [-0.15, -0.1) is 0 Å². The number of hydrogen-bond acceptors (Lipinski definition) is 3. The standard InChI is InChI=1S/C21H30N2O2/c1-4-23(5-2)13-12-15(3)25-21(24)16-10-11-20-18(14-16)17-8-6-7-9-19(17)22-20/h10-11,14-15,22H,4-9,12-13H2,1-3H3. The van der Waals surface area contributed by atoms with Crippen LogP contribution in [-0.2, 0) is 17.6 Å². The molecule has 0 amide bonds. The lowest BCUT2D eigenvalue weighted by Gasteiger charge is -2.20. The molecule has 1 aromatic carbocycles. The van der Waals surface area contributed by atoms with Crippen LogP contribution in [0.1, 0.15) is 61.6 Å². The van der Waals surface area contributed by atoms with Crippen LogP contribution in [0.2, 0.25) is 0 Å². The maximum Gasteiger partial charge on any atom is 0.338 e. The molecular weight excluding hydrogens is 312 g/mol. The minimum Gasteiger partial charge on any atom is -0.459 e. The molecule has 2 aromatic rings. The Kier molecular flexibility index (Phi) is 5.79. The second-order valence-corrected chi connectivity index (χ2v) is 7.08. The fraction of sp³-hybridized carbons (Fsp3) is 0.571. The number of aromatic amines is 1. The van der Waals surface area contributed by atoms with E-state index in [2.05, 4.69) is 23.7 Å². The summed E-state index contributed by atoms with van der Waals surface area (Å²) in [4.78, 5) is 18.4. The number of rotatable bonds is 7. The van der Waals surface area contributed by atoms with E-state index in [4.69, 9.17) is 4.74 Å². The quantitative estimate of drug-likeness (QED) is 0.762. The minimum absolute atomic E-state index is 0.0658. The van der Waals surface area contributed by atoms with Gasteiger partial charge in [0.2, 0.25) is 0 Å². The number of H-pyrrole nitrogens is 1. The third-order valence-corrected chi connectivity index (χ3v) is 5.39. The molecule has 0 bridgehead atoms. The van der Waals surface area contributed by atoms with Gasteiger partial charge < -0.3 is 14.6 Å². The molecule has 136 valence electrons. The zero-order valence-electron chi connectivity index (χ0n) is 15.7. The van der Waals surface area contributed by atoms with Gasteiger partial charge in [-0.2, -0.15) is 0 Å². The molecule has 1 heterocycles. The summed E-state index contributed by atoms with van der Waals surface area (Å²) in [6.07, 6.45) is 5.51. The van der Waals surface area contributed by atoms with Crippen molar-refractivity contribution in [3.05, 3.63) is 35.0 Å². The van der Waals surface area contributed by atoms with Gasteiger partial charge >= 0.3 is 5.97 Å². The number of benzene rings is 1. The largest absolute Gasteiger partial charge is 0.459 e. The number of hydrogen-bond donors (Lipinski definition) is 1. The number of aryl methyl sites for hydroxylation is 2. The van der Waals surface area contributed by atoms with Crippen molar-refractivity contribution >= 4 is 16.9 Å². The van der Waals surface area contributed by atoms with Crippen molar-refractivity contribution in [2.45, 2.75) is 59.0 Å². The summed E-state index contributed by atoms with van der Waals surface area (Å²) in [5.41, 5.74) is 4.54. The van der Waals surface area contributed by atoms with E-state index in [9.17, 15) is 4.79 Å². The average Bonchev–Trinajstić information content (AvgIpc) is 3.00. The lowest BCUT2D eigenvalue weighted by atomic mass is 9.95. The van der Waals surface area contributed by atoms with Gasteiger partial charge in [-0.25, -0.2) is 4.79 Å². The van der Waals surface area contributed by atoms with Crippen LogP contribution in [0, 0.1) is 0 Å². The summed E-state index contributed by atoms with van der Waals surface area (Å²) < 4.78 is 5.67. The summed E-state index contributed by atoms with van der Waals surface area (Å²) in [5, 5.41) is 1.19. The number of ether oxygens (including phenoxy) is 1. The zero-order valence-corrected chi connectivity index (χ0v) is 15.7. The summed E-state index contributed by atoms with van der Waals surface area (Å²) in [6, 6.07) is 5.91.